The molecule has 106 valence electrons. The van der Waals surface area contributed by atoms with Gasteiger partial charge >= 0.3 is 0 Å². The SMILES string of the molecule is CC(O)CNC(C)C(c1ccccc1)c1ccccc1. The zero-order chi connectivity index (χ0) is 14.4. The van der Waals surface area contributed by atoms with Crippen LogP contribution in [0, 0.1) is 0 Å². The molecule has 0 amide bonds. The third kappa shape index (κ3) is 3.92. The number of hydrogen-bond donors (Lipinski definition) is 2. The lowest BCUT2D eigenvalue weighted by atomic mass is 9.86. The Balaban J connectivity index is 2.25. The Bertz CT molecular complexity index is 456. The minimum absolute atomic E-state index is 0.259. The van der Waals surface area contributed by atoms with Crippen molar-refractivity contribution in [2.24, 2.45) is 0 Å². The number of rotatable bonds is 6. The predicted octanol–water partition coefficient (Wildman–Crippen LogP) is 3.18. The van der Waals surface area contributed by atoms with E-state index in [4.69, 9.17) is 0 Å². The highest BCUT2D eigenvalue weighted by atomic mass is 16.3. The molecule has 2 rings (SSSR count). The molecule has 0 bridgehead atoms. The molecule has 0 fully saturated rings. The molecule has 2 heteroatoms. The van der Waals surface area contributed by atoms with Gasteiger partial charge in [0.1, 0.15) is 0 Å². The molecule has 2 nitrogen and oxygen atoms in total. The van der Waals surface area contributed by atoms with Gasteiger partial charge in [0.05, 0.1) is 6.10 Å². The molecule has 0 aliphatic heterocycles. The van der Waals surface area contributed by atoms with E-state index in [9.17, 15) is 5.11 Å². The molecule has 0 saturated heterocycles. The minimum Gasteiger partial charge on any atom is -0.392 e. The molecule has 0 radical (unpaired) electrons. The van der Waals surface area contributed by atoms with Crippen molar-refractivity contribution in [2.75, 3.05) is 6.54 Å². The summed E-state index contributed by atoms with van der Waals surface area (Å²) in [5.41, 5.74) is 2.59. The molecule has 2 N–H and O–H groups in total. The lowest BCUT2D eigenvalue weighted by Gasteiger charge is -2.26. The number of nitrogens with one attached hydrogen (secondary N) is 1. The molecule has 0 spiro atoms. The van der Waals surface area contributed by atoms with E-state index >= 15 is 0 Å². The van der Waals surface area contributed by atoms with Crippen LogP contribution in [0.1, 0.15) is 30.9 Å². The van der Waals surface area contributed by atoms with E-state index in [1.54, 1.807) is 6.92 Å². The molecule has 2 aromatic rings. The fourth-order valence-electron chi connectivity index (χ4n) is 2.56. The molecule has 2 unspecified atom stereocenters. The lowest BCUT2D eigenvalue weighted by Crippen LogP contribution is -2.37. The van der Waals surface area contributed by atoms with Crippen LogP contribution in [0.25, 0.3) is 0 Å². The monoisotopic (exact) mass is 269 g/mol. The molecule has 0 aliphatic rings. The van der Waals surface area contributed by atoms with E-state index < -0.39 is 0 Å². The Kier molecular flexibility index (Phi) is 5.33. The average molecular weight is 269 g/mol. The summed E-state index contributed by atoms with van der Waals surface area (Å²) in [5.74, 6) is 0.288. The molecular weight excluding hydrogens is 246 g/mol. The van der Waals surface area contributed by atoms with Gasteiger partial charge in [0.25, 0.3) is 0 Å². The van der Waals surface area contributed by atoms with Crippen LogP contribution in [-0.4, -0.2) is 23.8 Å². The van der Waals surface area contributed by atoms with Gasteiger partial charge < -0.3 is 10.4 Å². The highest BCUT2D eigenvalue weighted by molar-refractivity contribution is 5.34. The summed E-state index contributed by atoms with van der Waals surface area (Å²) in [6.45, 7) is 4.59. The molecule has 2 atom stereocenters. The first-order valence-electron chi connectivity index (χ1n) is 7.20. The largest absolute Gasteiger partial charge is 0.392 e. The maximum absolute atomic E-state index is 9.46. The van der Waals surface area contributed by atoms with Crippen molar-refractivity contribution >= 4 is 0 Å². The van der Waals surface area contributed by atoms with Crippen molar-refractivity contribution in [1.82, 2.24) is 5.32 Å². The fraction of sp³-hybridized carbons (Fsp3) is 0.333. The van der Waals surface area contributed by atoms with Crippen molar-refractivity contribution in [2.45, 2.75) is 31.9 Å². The molecule has 0 aromatic heterocycles. The van der Waals surface area contributed by atoms with E-state index in [-0.39, 0.29) is 18.1 Å². The maximum Gasteiger partial charge on any atom is 0.0636 e. The molecule has 0 aliphatic carbocycles. The van der Waals surface area contributed by atoms with Gasteiger partial charge in [-0.1, -0.05) is 60.7 Å². The summed E-state index contributed by atoms with van der Waals surface area (Å²) >= 11 is 0. The van der Waals surface area contributed by atoms with Crippen LogP contribution >= 0.6 is 0 Å². The second-order valence-corrected chi connectivity index (χ2v) is 5.34. The minimum atomic E-state index is -0.329. The van der Waals surface area contributed by atoms with Crippen LogP contribution in [0.5, 0.6) is 0 Å². The van der Waals surface area contributed by atoms with Gasteiger partial charge in [0.15, 0.2) is 0 Å². The molecule has 2 aromatic carbocycles. The summed E-state index contributed by atoms with van der Waals surface area (Å²) in [6, 6.07) is 21.3. The first kappa shape index (κ1) is 14.8. The molecule has 0 heterocycles. The number of aliphatic hydroxyl groups excluding tert-OH is 1. The predicted molar refractivity (Wildman–Crippen MR) is 83.9 cm³/mol. The second kappa shape index (κ2) is 7.22. The zero-order valence-corrected chi connectivity index (χ0v) is 12.2. The summed E-state index contributed by atoms with van der Waals surface area (Å²) < 4.78 is 0. The normalized spacial score (nSPS) is 14.2. The van der Waals surface area contributed by atoms with Crippen LogP contribution in [0.4, 0.5) is 0 Å². The van der Waals surface area contributed by atoms with E-state index in [1.807, 2.05) is 12.1 Å². The van der Waals surface area contributed by atoms with E-state index in [0.29, 0.717) is 6.54 Å². The van der Waals surface area contributed by atoms with E-state index in [0.717, 1.165) is 0 Å². The fourth-order valence-corrected chi connectivity index (χ4v) is 2.56. The Morgan fingerprint density at radius 3 is 1.70 bits per heavy atom. The van der Waals surface area contributed by atoms with Gasteiger partial charge in [-0.2, -0.15) is 0 Å². The summed E-state index contributed by atoms with van der Waals surface area (Å²) in [5, 5.41) is 12.9. The van der Waals surface area contributed by atoms with E-state index in [2.05, 4.69) is 60.8 Å². The van der Waals surface area contributed by atoms with E-state index in [1.165, 1.54) is 11.1 Å². The van der Waals surface area contributed by atoms with Gasteiger partial charge in [0, 0.05) is 18.5 Å². The highest BCUT2D eigenvalue weighted by Crippen LogP contribution is 2.27. The summed E-state index contributed by atoms with van der Waals surface area (Å²) in [6.07, 6.45) is -0.329. The third-order valence-corrected chi connectivity index (χ3v) is 3.55. The Hall–Kier alpha value is -1.64. The molecular formula is C18H23NO. The maximum atomic E-state index is 9.46. The van der Waals surface area contributed by atoms with Crippen molar-refractivity contribution in [3.05, 3.63) is 71.8 Å². The highest BCUT2D eigenvalue weighted by Gasteiger charge is 2.20. The van der Waals surface area contributed by atoms with Gasteiger partial charge in [-0.05, 0) is 25.0 Å². The van der Waals surface area contributed by atoms with Gasteiger partial charge in [-0.3, -0.25) is 0 Å². The van der Waals surface area contributed by atoms with Crippen LogP contribution < -0.4 is 5.32 Å². The Morgan fingerprint density at radius 1 is 0.850 bits per heavy atom. The van der Waals surface area contributed by atoms with Gasteiger partial charge in [0.2, 0.25) is 0 Å². The van der Waals surface area contributed by atoms with Crippen LogP contribution in [0.2, 0.25) is 0 Å². The standard InChI is InChI=1S/C18H23NO/c1-14(20)13-19-15(2)18(16-9-5-3-6-10-16)17-11-7-4-8-12-17/h3-12,14-15,18-20H,13H2,1-2H3. The first-order valence-corrected chi connectivity index (χ1v) is 7.20. The Morgan fingerprint density at radius 2 is 1.30 bits per heavy atom. The van der Waals surface area contributed by atoms with Crippen molar-refractivity contribution in [3.8, 4) is 0 Å². The summed E-state index contributed by atoms with van der Waals surface area (Å²) in [4.78, 5) is 0. The van der Waals surface area contributed by atoms with Crippen LogP contribution in [-0.2, 0) is 0 Å². The summed E-state index contributed by atoms with van der Waals surface area (Å²) in [7, 11) is 0. The van der Waals surface area contributed by atoms with Crippen molar-refractivity contribution in [3.63, 3.8) is 0 Å². The zero-order valence-electron chi connectivity index (χ0n) is 12.2. The Labute approximate surface area is 121 Å². The number of benzene rings is 2. The topological polar surface area (TPSA) is 32.3 Å². The third-order valence-electron chi connectivity index (χ3n) is 3.55. The second-order valence-electron chi connectivity index (χ2n) is 5.34. The van der Waals surface area contributed by atoms with Crippen molar-refractivity contribution < 1.29 is 5.11 Å². The van der Waals surface area contributed by atoms with Gasteiger partial charge in [-0.15, -0.1) is 0 Å². The van der Waals surface area contributed by atoms with Crippen LogP contribution in [0.15, 0.2) is 60.7 Å². The molecule has 0 saturated carbocycles. The lowest BCUT2D eigenvalue weighted by molar-refractivity contribution is 0.186. The number of hydrogen-bond acceptors (Lipinski definition) is 2. The average Bonchev–Trinajstić information content (AvgIpc) is 2.48. The quantitative estimate of drug-likeness (QED) is 0.844. The smallest absolute Gasteiger partial charge is 0.0636 e. The van der Waals surface area contributed by atoms with Crippen LogP contribution in [0.3, 0.4) is 0 Å². The first-order chi connectivity index (χ1) is 9.68. The van der Waals surface area contributed by atoms with Crippen molar-refractivity contribution in [1.29, 1.82) is 0 Å². The molecule has 20 heavy (non-hydrogen) atoms. The number of aliphatic hydroxyl groups is 1. The van der Waals surface area contributed by atoms with Gasteiger partial charge in [-0.25, -0.2) is 0 Å².